The Hall–Kier alpha value is -1.64. The summed E-state index contributed by atoms with van der Waals surface area (Å²) in [5.41, 5.74) is 3.43. The van der Waals surface area contributed by atoms with Gasteiger partial charge in [0, 0.05) is 19.8 Å². The van der Waals surface area contributed by atoms with Gasteiger partial charge in [0.2, 0.25) is 0 Å². The average Bonchev–Trinajstić information content (AvgIpc) is 2.42. The van der Waals surface area contributed by atoms with Gasteiger partial charge in [-0.1, -0.05) is 54.6 Å². The quantitative estimate of drug-likeness (QED) is 0.744. The molecule has 0 fully saturated rings. The van der Waals surface area contributed by atoms with Gasteiger partial charge in [-0.15, -0.1) is 0 Å². The number of rotatable bonds is 4. The van der Waals surface area contributed by atoms with E-state index in [4.69, 9.17) is 9.47 Å². The lowest BCUT2D eigenvalue weighted by Crippen LogP contribution is -2.02. The van der Waals surface area contributed by atoms with Crippen molar-refractivity contribution in [2.45, 2.75) is 6.29 Å². The smallest absolute Gasteiger partial charge is 0.183 e. The van der Waals surface area contributed by atoms with Crippen molar-refractivity contribution in [3.63, 3.8) is 0 Å². The summed E-state index contributed by atoms with van der Waals surface area (Å²) in [6, 6.07) is 18.5. The topological polar surface area (TPSA) is 18.5 Å². The molecule has 0 aromatic heterocycles. The Kier molecular flexibility index (Phi) is 3.91. The van der Waals surface area contributed by atoms with E-state index >= 15 is 0 Å². The molecule has 2 aromatic rings. The molecule has 0 aliphatic rings. The molecule has 0 radical (unpaired) electrons. The molecule has 0 spiro atoms. The highest BCUT2D eigenvalue weighted by Gasteiger charge is 2.08. The molecule has 0 saturated carbocycles. The van der Waals surface area contributed by atoms with E-state index in [1.165, 1.54) is 11.1 Å². The van der Waals surface area contributed by atoms with Crippen LogP contribution in [0.3, 0.4) is 0 Å². The molecule has 0 saturated heterocycles. The van der Waals surface area contributed by atoms with Gasteiger partial charge in [0.25, 0.3) is 0 Å². The highest BCUT2D eigenvalue weighted by molar-refractivity contribution is 5.63. The van der Waals surface area contributed by atoms with Crippen LogP contribution >= 0.6 is 0 Å². The zero-order valence-electron chi connectivity index (χ0n) is 10.1. The van der Waals surface area contributed by atoms with Crippen LogP contribution in [-0.4, -0.2) is 14.2 Å². The summed E-state index contributed by atoms with van der Waals surface area (Å²) in [4.78, 5) is 0. The fourth-order valence-electron chi connectivity index (χ4n) is 1.83. The normalized spacial score (nSPS) is 10.8. The number of methoxy groups -OCH3 is 2. The average molecular weight is 228 g/mol. The summed E-state index contributed by atoms with van der Waals surface area (Å²) in [7, 11) is 3.28. The zero-order chi connectivity index (χ0) is 12.1. The van der Waals surface area contributed by atoms with Crippen molar-refractivity contribution >= 4 is 0 Å². The van der Waals surface area contributed by atoms with E-state index in [9.17, 15) is 0 Å². The van der Waals surface area contributed by atoms with Gasteiger partial charge in [-0.05, 0) is 11.1 Å². The Morgan fingerprint density at radius 2 is 1.24 bits per heavy atom. The first kappa shape index (κ1) is 11.8. The van der Waals surface area contributed by atoms with Crippen molar-refractivity contribution in [3.8, 4) is 11.1 Å². The van der Waals surface area contributed by atoms with E-state index in [0.717, 1.165) is 5.56 Å². The van der Waals surface area contributed by atoms with Gasteiger partial charge in [0.15, 0.2) is 6.29 Å². The highest BCUT2D eigenvalue weighted by atomic mass is 16.7. The lowest BCUT2D eigenvalue weighted by molar-refractivity contribution is -0.106. The predicted octanol–water partition coefficient (Wildman–Crippen LogP) is 3.65. The van der Waals surface area contributed by atoms with Crippen LogP contribution < -0.4 is 0 Å². The SMILES string of the molecule is COC(OC)c1ccc(-c2ccccc2)cc1. The molecule has 17 heavy (non-hydrogen) atoms. The van der Waals surface area contributed by atoms with Gasteiger partial charge in [0.05, 0.1) is 0 Å². The summed E-state index contributed by atoms with van der Waals surface area (Å²) in [5, 5.41) is 0. The molecule has 2 nitrogen and oxygen atoms in total. The molecule has 0 unspecified atom stereocenters. The van der Waals surface area contributed by atoms with Crippen molar-refractivity contribution in [1.29, 1.82) is 0 Å². The third-order valence-corrected chi connectivity index (χ3v) is 2.72. The Balaban J connectivity index is 2.24. The zero-order valence-corrected chi connectivity index (χ0v) is 10.1. The van der Waals surface area contributed by atoms with Crippen LogP contribution in [0.5, 0.6) is 0 Å². The fraction of sp³-hybridized carbons (Fsp3) is 0.200. The summed E-state index contributed by atoms with van der Waals surface area (Å²) < 4.78 is 10.4. The van der Waals surface area contributed by atoms with Gasteiger partial charge in [-0.2, -0.15) is 0 Å². The standard InChI is InChI=1S/C15H16O2/c1-16-15(17-2)14-10-8-13(9-11-14)12-6-4-3-5-7-12/h3-11,15H,1-2H3. The molecule has 0 atom stereocenters. The van der Waals surface area contributed by atoms with Gasteiger partial charge >= 0.3 is 0 Å². The van der Waals surface area contributed by atoms with E-state index in [-0.39, 0.29) is 6.29 Å². The molecular formula is C15H16O2. The molecule has 0 bridgehead atoms. The first-order valence-corrected chi connectivity index (χ1v) is 5.56. The Labute approximate surface area is 102 Å². The number of ether oxygens (including phenoxy) is 2. The molecule has 0 heterocycles. The van der Waals surface area contributed by atoms with E-state index in [0.29, 0.717) is 0 Å². The van der Waals surface area contributed by atoms with Crippen molar-refractivity contribution < 1.29 is 9.47 Å². The van der Waals surface area contributed by atoms with Crippen LogP contribution in [0.15, 0.2) is 54.6 Å². The lowest BCUT2D eigenvalue weighted by Gasteiger charge is -2.13. The highest BCUT2D eigenvalue weighted by Crippen LogP contribution is 2.23. The van der Waals surface area contributed by atoms with Crippen molar-refractivity contribution in [2.24, 2.45) is 0 Å². The van der Waals surface area contributed by atoms with Crippen LogP contribution in [0, 0.1) is 0 Å². The first-order chi connectivity index (χ1) is 8.35. The number of hydrogen-bond donors (Lipinski definition) is 0. The van der Waals surface area contributed by atoms with Crippen LogP contribution in [0.2, 0.25) is 0 Å². The van der Waals surface area contributed by atoms with Gasteiger partial charge in [0.1, 0.15) is 0 Å². The second-order valence-corrected chi connectivity index (χ2v) is 3.79. The maximum Gasteiger partial charge on any atom is 0.183 e. The summed E-state index contributed by atoms with van der Waals surface area (Å²) in [6.45, 7) is 0. The summed E-state index contributed by atoms with van der Waals surface area (Å²) in [6.07, 6.45) is -0.292. The minimum Gasteiger partial charge on any atom is -0.352 e. The first-order valence-electron chi connectivity index (χ1n) is 5.56. The largest absolute Gasteiger partial charge is 0.352 e. The second-order valence-electron chi connectivity index (χ2n) is 3.79. The fourth-order valence-corrected chi connectivity index (χ4v) is 1.83. The molecule has 2 aromatic carbocycles. The second kappa shape index (κ2) is 5.62. The molecule has 0 aliphatic heterocycles. The van der Waals surface area contributed by atoms with Crippen LogP contribution in [0.4, 0.5) is 0 Å². The van der Waals surface area contributed by atoms with Gasteiger partial charge in [-0.25, -0.2) is 0 Å². The summed E-state index contributed by atoms with van der Waals surface area (Å²) >= 11 is 0. The Morgan fingerprint density at radius 1 is 0.706 bits per heavy atom. The molecule has 88 valence electrons. The van der Waals surface area contributed by atoms with Crippen molar-refractivity contribution in [2.75, 3.05) is 14.2 Å². The monoisotopic (exact) mass is 228 g/mol. The minimum absolute atomic E-state index is 0.292. The van der Waals surface area contributed by atoms with E-state index in [1.54, 1.807) is 14.2 Å². The Morgan fingerprint density at radius 3 is 1.76 bits per heavy atom. The third-order valence-electron chi connectivity index (χ3n) is 2.72. The number of hydrogen-bond acceptors (Lipinski definition) is 2. The molecule has 0 N–H and O–H groups in total. The molecule has 0 aliphatic carbocycles. The van der Waals surface area contributed by atoms with Gasteiger partial charge in [-0.3, -0.25) is 0 Å². The molecule has 2 rings (SSSR count). The minimum atomic E-state index is -0.292. The number of benzene rings is 2. The van der Waals surface area contributed by atoms with E-state index < -0.39 is 0 Å². The van der Waals surface area contributed by atoms with Crippen molar-refractivity contribution in [1.82, 2.24) is 0 Å². The van der Waals surface area contributed by atoms with E-state index in [2.05, 4.69) is 24.3 Å². The Bertz CT molecular complexity index is 444. The molecular weight excluding hydrogens is 212 g/mol. The van der Waals surface area contributed by atoms with Crippen LogP contribution in [-0.2, 0) is 9.47 Å². The predicted molar refractivity (Wildman–Crippen MR) is 68.6 cm³/mol. The van der Waals surface area contributed by atoms with E-state index in [1.807, 2.05) is 30.3 Å². The lowest BCUT2D eigenvalue weighted by atomic mass is 10.0. The summed E-state index contributed by atoms with van der Waals surface area (Å²) in [5.74, 6) is 0. The molecule has 0 amide bonds. The van der Waals surface area contributed by atoms with Gasteiger partial charge < -0.3 is 9.47 Å². The van der Waals surface area contributed by atoms with Crippen molar-refractivity contribution in [3.05, 3.63) is 60.2 Å². The third kappa shape index (κ3) is 2.73. The maximum absolute atomic E-state index is 5.21. The molecule has 2 heteroatoms. The maximum atomic E-state index is 5.21. The van der Waals surface area contributed by atoms with Crippen LogP contribution in [0.25, 0.3) is 11.1 Å². The van der Waals surface area contributed by atoms with Crippen LogP contribution in [0.1, 0.15) is 11.9 Å².